The normalized spacial score (nSPS) is 11.6. The van der Waals surface area contributed by atoms with Gasteiger partial charge in [-0.2, -0.15) is 0 Å². The zero-order valence-corrected chi connectivity index (χ0v) is 9.27. The highest BCUT2D eigenvalue weighted by atomic mass is 127. The lowest BCUT2D eigenvalue weighted by molar-refractivity contribution is 0.585. The maximum absolute atomic E-state index is 3.27. The van der Waals surface area contributed by atoms with Crippen molar-refractivity contribution in [2.75, 3.05) is 0 Å². The van der Waals surface area contributed by atoms with E-state index in [-0.39, 0.29) is 5.41 Å². The summed E-state index contributed by atoms with van der Waals surface area (Å²) in [6.07, 6.45) is 0. The molecule has 0 aliphatic rings. The molecule has 0 unspecified atom stereocenters. The molecule has 0 N–H and O–H groups in total. The minimum Gasteiger partial charge on any atom is -0.0606 e. The van der Waals surface area contributed by atoms with Crippen LogP contribution < -0.4 is 0 Å². The van der Waals surface area contributed by atoms with E-state index in [4.69, 9.17) is 0 Å². The van der Waals surface area contributed by atoms with Gasteiger partial charge in [0.25, 0.3) is 0 Å². The van der Waals surface area contributed by atoms with Gasteiger partial charge >= 0.3 is 0 Å². The molecule has 0 atom stereocenters. The van der Waals surface area contributed by atoms with Crippen LogP contribution in [-0.4, -0.2) is 0 Å². The molecule has 1 radical (unpaired) electrons. The van der Waals surface area contributed by atoms with Gasteiger partial charge in [0, 0.05) is 3.57 Å². The van der Waals surface area contributed by atoms with Crippen molar-refractivity contribution in [2.24, 2.45) is 0 Å². The van der Waals surface area contributed by atoms with Crippen LogP contribution >= 0.6 is 22.6 Å². The summed E-state index contributed by atoms with van der Waals surface area (Å²) in [5.41, 5.74) is 1.53. The average Bonchev–Trinajstić information content (AvgIpc) is 1.86. The van der Waals surface area contributed by atoms with Crippen molar-refractivity contribution < 1.29 is 0 Å². The topological polar surface area (TPSA) is 0 Å². The Bertz CT molecular complexity index is 245. The zero-order valence-electron chi connectivity index (χ0n) is 7.11. The van der Waals surface area contributed by atoms with Gasteiger partial charge in [-0.3, -0.25) is 0 Å². The number of halogens is 1. The van der Waals surface area contributed by atoms with E-state index in [1.807, 2.05) is 12.1 Å². The summed E-state index contributed by atoms with van der Waals surface area (Å²) in [7, 11) is 0. The van der Waals surface area contributed by atoms with Gasteiger partial charge in [0.05, 0.1) is 0 Å². The standard InChI is InChI=1S/C10H12I/c1-10(2,3)8-6-4-5-7-9(8)11/h4-5,7H,1-3H3. The molecule has 0 aliphatic heterocycles. The Labute approximate surface area is 82.2 Å². The van der Waals surface area contributed by atoms with E-state index in [0.29, 0.717) is 0 Å². The fourth-order valence-electron chi connectivity index (χ4n) is 0.991. The van der Waals surface area contributed by atoms with Crippen LogP contribution in [0.1, 0.15) is 26.3 Å². The highest BCUT2D eigenvalue weighted by Crippen LogP contribution is 2.25. The lowest BCUT2D eigenvalue weighted by atomic mass is 9.87. The summed E-state index contributed by atoms with van der Waals surface area (Å²) in [5, 5.41) is 0. The minimum absolute atomic E-state index is 0.220. The number of benzene rings is 1. The molecule has 0 saturated heterocycles. The van der Waals surface area contributed by atoms with Gasteiger partial charge in [-0.05, 0) is 45.7 Å². The van der Waals surface area contributed by atoms with Crippen molar-refractivity contribution in [3.05, 3.63) is 33.4 Å². The first-order valence-corrected chi connectivity index (χ1v) is 4.76. The SMILES string of the molecule is CC(C)(C)c1[c]cccc1I. The largest absolute Gasteiger partial charge is 0.0606 e. The quantitative estimate of drug-likeness (QED) is 0.626. The Hall–Kier alpha value is -0.0500. The van der Waals surface area contributed by atoms with Crippen LogP contribution in [0.15, 0.2) is 18.2 Å². The molecule has 1 rings (SSSR count). The van der Waals surface area contributed by atoms with Crippen molar-refractivity contribution in [2.45, 2.75) is 26.2 Å². The first kappa shape index (κ1) is 9.04. The third-order valence-electron chi connectivity index (χ3n) is 1.56. The van der Waals surface area contributed by atoms with Crippen molar-refractivity contribution in [1.29, 1.82) is 0 Å². The van der Waals surface area contributed by atoms with Gasteiger partial charge < -0.3 is 0 Å². The van der Waals surface area contributed by atoms with E-state index < -0.39 is 0 Å². The van der Waals surface area contributed by atoms with E-state index in [2.05, 4.69) is 55.5 Å². The molecular formula is C10H12I. The Morgan fingerprint density at radius 1 is 1.36 bits per heavy atom. The van der Waals surface area contributed by atoms with Crippen LogP contribution in [0.5, 0.6) is 0 Å². The highest BCUT2D eigenvalue weighted by Gasteiger charge is 2.15. The lowest BCUT2D eigenvalue weighted by Gasteiger charge is -2.19. The molecule has 59 valence electrons. The van der Waals surface area contributed by atoms with Crippen molar-refractivity contribution >= 4 is 22.6 Å². The van der Waals surface area contributed by atoms with E-state index in [0.717, 1.165) is 0 Å². The smallest absolute Gasteiger partial charge is 0.0173 e. The van der Waals surface area contributed by atoms with E-state index in [1.54, 1.807) is 0 Å². The third kappa shape index (κ3) is 2.19. The summed E-state index contributed by atoms with van der Waals surface area (Å²) in [5.74, 6) is 0. The molecular weight excluding hydrogens is 247 g/mol. The molecule has 0 amide bonds. The summed E-state index contributed by atoms with van der Waals surface area (Å²) in [4.78, 5) is 0. The molecule has 1 heteroatoms. The van der Waals surface area contributed by atoms with Crippen LogP contribution in [0.4, 0.5) is 0 Å². The van der Waals surface area contributed by atoms with Gasteiger partial charge in [-0.25, -0.2) is 0 Å². The van der Waals surface area contributed by atoms with Crippen molar-refractivity contribution in [1.82, 2.24) is 0 Å². The summed E-state index contributed by atoms with van der Waals surface area (Å²) >= 11 is 2.35. The van der Waals surface area contributed by atoms with Gasteiger partial charge in [0.1, 0.15) is 0 Å². The first-order valence-electron chi connectivity index (χ1n) is 3.68. The molecule has 0 aliphatic carbocycles. The van der Waals surface area contributed by atoms with Crippen molar-refractivity contribution in [3.63, 3.8) is 0 Å². The first-order chi connectivity index (χ1) is 5.02. The van der Waals surface area contributed by atoms with Gasteiger partial charge in [0.2, 0.25) is 0 Å². The molecule has 0 heterocycles. The average molecular weight is 259 g/mol. The number of hydrogen-bond donors (Lipinski definition) is 0. The van der Waals surface area contributed by atoms with Gasteiger partial charge in [0.15, 0.2) is 0 Å². The van der Waals surface area contributed by atoms with E-state index in [9.17, 15) is 0 Å². The van der Waals surface area contributed by atoms with Crippen LogP contribution in [-0.2, 0) is 5.41 Å². The third-order valence-corrected chi connectivity index (χ3v) is 2.45. The molecule has 0 spiro atoms. The second-order valence-corrected chi connectivity index (χ2v) is 4.81. The number of hydrogen-bond acceptors (Lipinski definition) is 0. The molecule has 0 saturated carbocycles. The second kappa shape index (κ2) is 3.13. The van der Waals surface area contributed by atoms with Crippen molar-refractivity contribution in [3.8, 4) is 0 Å². The summed E-state index contributed by atoms with van der Waals surface area (Å²) < 4.78 is 1.30. The predicted molar refractivity (Wildman–Crippen MR) is 56.7 cm³/mol. The van der Waals surface area contributed by atoms with E-state index in [1.165, 1.54) is 9.13 Å². The maximum Gasteiger partial charge on any atom is 0.0173 e. The lowest BCUT2D eigenvalue weighted by Crippen LogP contribution is -2.12. The fourth-order valence-corrected chi connectivity index (χ4v) is 2.16. The highest BCUT2D eigenvalue weighted by molar-refractivity contribution is 14.1. The summed E-state index contributed by atoms with van der Waals surface area (Å²) in [6.45, 7) is 6.63. The van der Waals surface area contributed by atoms with Gasteiger partial charge in [-0.15, -0.1) is 0 Å². The molecule has 0 nitrogen and oxygen atoms in total. The molecule has 0 fully saturated rings. The molecule has 1 aromatic carbocycles. The molecule has 1 aromatic rings. The van der Waals surface area contributed by atoms with Gasteiger partial charge in [-0.1, -0.05) is 32.9 Å². The van der Waals surface area contributed by atoms with E-state index >= 15 is 0 Å². The minimum atomic E-state index is 0.220. The summed E-state index contributed by atoms with van der Waals surface area (Å²) in [6, 6.07) is 9.39. The van der Waals surface area contributed by atoms with Crippen LogP contribution in [0.25, 0.3) is 0 Å². The molecule has 11 heavy (non-hydrogen) atoms. The Morgan fingerprint density at radius 3 is 2.36 bits per heavy atom. The predicted octanol–water partition coefficient (Wildman–Crippen LogP) is 3.39. The van der Waals surface area contributed by atoms with Crippen LogP contribution in [0.2, 0.25) is 0 Å². The number of rotatable bonds is 0. The Kier molecular flexibility index (Phi) is 2.58. The Balaban J connectivity index is 3.14. The fraction of sp³-hybridized carbons (Fsp3) is 0.400. The second-order valence-electron chi connectivity index (χ2n) is 3.64. The Morgan fingerprint density at radius 2 is 2.00 bits per heavy atom. The van der Waals surface area contributed by atoms with Crippen LogP contribution in [0.3, 0.4) is 0 Å². The molecule has 0 bridgehead atoms. The maximum atomic E-state index is 3.27. The zero-order chi connectivity index (χ0) is 8.48. The monoisotopic (exact) mass is 259 g/mol. The van der Waals surface area contributed by atoms with Crippen LogP contribution in [0, 0.1) is 9.64 Å². The molecule has 0 aromatic heterocycles.